The number of rotatable bonds is 9. The zero-order chi connectivity index (χ0) is 18.3. The number of hydrogen-bond acceptors (Lipinski definition) is 3. The summed E-state index contributed by atoms with van der Waals surface area (Å²) in [6.45, 7) is 11.6. The summed E-state index contributed by atoms with van der Waals surface area (Å²) in [5, 5.41) is 14.0. The van der Waals surface area contributed by atoms with Crippen molar-refractivity contribution in [2.24, 2.45) is 0 Å². The van der Waals surface area contributed by atoms with Gasteiger partial charge in [-0.15, -0.1) is 0 Å². The van der Waals surface area contributed by atoms with Gasteiger partial charge >= 0.3 is 12.1 Å². The SMILES string of the molecule is CCCCNC(=O)N(O)[C@@H]1N(CCCC)C(=O)N(CCC)C1(C)C. The molecule has 0 aromatic heterocycles. The Morgan fingerprint density at radius 3 is 2.33 bits per heavy atom. The van der Waals surface area contributed by atoms with Gasteiger partial charge in [0.2, 0.25) is 0 Å². The Hall–Kier alpha value is -1.50. The van der Waals surface area contributed by atoms with Crippen molar-refractivity contribution in [2.75, 3.05) is 19.6 Å². The lowest BCUT2D eigenvalue weighted by Crippen LogP contribution is -2.59. The van der Waals surface area contributed by atoms with E-state index in [1.165, 1.54) is 0 Å². The van der Waals surface area contributed by atoms with Gasteiger partial charge in [-0.2, -0.15) is 5.06 Å². The standard InChI is InChI=1S/C17H34N4O3/c1-6-9-11-18-15(22)21(24)14-17(4,5)20(12-8-3)16(23)19(14)13-10-7-2/h14,24H,6-13H2,1-5H3,(H,18,22)/t14-/m0/s1. The summed E-state index contributed by atoms with van der Waals surface area (Å²) in [4.78, 5) is 28.5. The molecule has 0 radical (unpaired) electrons. The molecule has 1 saturated heterocycles. The Bertz CT molecular complexity index is 428. The highest BCUT2D eigenvalue weighted by atomic mass is 16.5. The summed E-state index contributed by atoms with van der Waals surface area (Å²) >= 11 is 0. The van der Waals surface area contributed by atoms with E-state index in [2.05, 4.69) is 12.2 Å². The molecule has 7 nitrogen and oxygen atoms in total. The van der Waals surface area contributed by atoms with E-state index in [4.69, 9.17) is 0 Å². The highest BCUT2D eigenvalue weighted by Gasteiger charge is 2.54. The fourth-order valence-electron chi connectivity index (χ4n) is 3.18. The lowest BCUT2D eigenvalue weighted by Gasteiger charge is -2.38. The van der Waals surface area contributed by atoms with E-state index in [9.17, 15) is 14.8 Å². The molecule has 0 aromatic rings. The van der Waals surface area contributed by atoms with Crippen LogP contribution in [0.3, 0.4) is 0 Å². The van der Waals surface area contributed by atoms with Crippen molar-refractivity contribution in [1.29, 1.82) is 0 Å². The molecule has 1 heterocycles. The van der Waals surface area contributed by atoms with Crippen LogP contribution in [0.5, 0.6) is 0 Å². The van der Waals surface area contributed by atoms with E-state index < -0.39 is 17.7 Å². The predicted molar refractivity (Wildman–Crippen MR) is 93.8 cm³/mol. The number of carbonyl (C=O) groups excluding carboxylic acids is 2. The van der Waals surface area contributed by atoms with Crippen molar-refractivity contribution >= 4 is 12.1 Å². The van der Waals surface area contributed by atoms with Gasteiger partial charge in [0.15, 0.2) is 6.17 Å². The fraction of sp³-hybridized carbons (Fsp3) is 0.882. The first-order valence-corrected chi connectivity index (χ1v) is 9.17. The van der Waals surface area contributed by atoms with Gasteiger partial charge in [-0.1, -0.05) is 33.6 Å². The third-order valence-corrected chi connectivity index (χ3v) is 4.55. The summed E-state index contributed by atoms with van der Waals surface area (Å²) in [6, 6.07) is -0.658. The van der Waals surface area contributed by atoms with Crippen molar-refractivity contribution in [3.05, 3.63) is 0 Å². The van der Waals surface area contributed by atoms with E-state index in [1.54, 1.807) is 9.80 Å². The lowest BCUT2D eigenvalue weighted by atomic mass is 10.00. The molecule has 2 N–H and O–H groups in total. The number of nitrogens with zero attached hydrogens (tertiary/aromatic N) is 3. The van der Waals surface area contributed by atoms with Gasteiger partial charge < -0.3 is 10.2 Å². The van der Waals surface area contributed by atoms with Crippen LogP contribution in [-0.2, 0) is 0 Å². The van der Waals surface area contributed by atoms with Crippen molar-refractivity contribution < 1.29 is 14.8 Å². The molecule has 0 spiro atoms. The first kappa shape index (κ1) is 20.5. The van der Waals surface area contributed by atoms with Crippen LogP contribution in [0.2, 0.25) is 0 Å². The van der Waals surface area contributed by atoms with Crippen LogP contribution in [0, 0.1) is 0 Å². The van der Waals surface area contributed by atoms with Crippen molar-refractivity contribution in [3.8, 4) is 0 Å². The normalized spacial score (nSPS) is 19.8. The minimum Gasteiger partial charge on any atom is -0.336 e. The molecule has 7 heteroatoms. The second-order valence-electron chi connectivity index (χ2n) is 6.94. The Labute approximate surface area is 145 Å². The van der Waals surface area contributed by atoms with Crippen LogP contribution < -0.4 is 5.32 Å². The van der Waals surface area contributed by atoms with E-state index in [-0.39, 0.29) is 6.03 Å². The number of hydrogen-bond donors (Lipinski definition) is 2. The summed E-state index contributed by atoms with van der Waals surface area (Å²) in [5.74, 6) is 0. The van der Waals surface area contributed by atoms with Gasteiger partial charge in [0.1, 0.15) is 0 Å². The van der Waals surface area contributed by atoms with Crippen molar-refractivity contribution in [3.63, 3.8) is 0 Å². The minimum absolute atomic E-state index is 0.110. The minimum atomic E-state index is -0.690. The molecule has 1 atom stereocenters. The molecule has 1 aliphatic heterocycles. The first-order chi connectivity index (χ1) is 11.3. The maximum absolute atomic E-state index is 12.8. The van der Waals surface area contributed by atoms with Crippen molar-refractivity contribution in [1.82, 2.24) is 20.2 Å². The van der Waals surface area contributed by atoms with Crippen molar-refractivity contribution in [2.45, 2.75) is 78.4 Å². The van der Waals surface area contributed by atoms with Gasteiger partial charge in [0, 0.05) is 19.6 Å². The van der Waals surface area contributed by atoms with Gasteiger partial charge in [-0.3, -0.25) is 10.1 Å². The molecule has 1 aliphatic rings. The maximum atomic E-state index is 12.8. The number of carbonyl (C=O) groups is 2. The largest absolute Gasteiger partial charge is 0.343 e. The lowest BCUT2D eigenvalue weighted by molar-refractivity contribution is -0.133. The second kappa shape index (κ2) is 9.11. The maximum Gasteiger partial charge on any atom is 0.343 e. The molecule has 0 aromatic carbocycles. The third kappa shape index (κ3) is 4.32. The fourth-order valence-corrected chi connectivity index (χ4v) is 3.18. The number of unbranched alkanes of at least 4 members (excludes halogenated alkanes) is 2. The molecular formula is C17H34N4O3. The molecule has 4 amide bonds. The molecule has 0 saturated carbocycles. The molecule has 1 fully saturated rings. The Kier molecular flexibility index (Phi) is 7.79. The second-order valence-corrected chi connectivity index (χ2v) is 6.94. The zero-order valence-electron chi connectivity index (χ0n) is 15.8. The van der Waals surface area contributed by atoms with Gasteiger partial charge in [-0.25, -0.2) is 9.59 Å². The topological polar surface area (TPSA) is 76.1 Å². The molecule has 0 bridgehead atoms. The van der Waals surface area contributed by atoms with Crippen LogP contribution in [0.15, 0.2) is 0 Å². The average Bonchev–Trinajstić information content (AvgIpc) is 2.72. The summed E-state index contributed by atoms with van der Waals surface area (Å²) in [6.07, 6.45) is 3.74. The summed E-state index contributed by atoms with van der Waals surface area (Å²) in [7, 11) is 0. The highest BCUT2D eigenvalue weighted by molar-refractivity contribution is 5.81. The van der Waals surface area contributed by atoms with E-state index in [0.29, 0.717) is 24.7 Å². The molecule has 0 aliphatic carbocycles. The molecule has 24 heavy (non-hydrogen) atoms. The number of nitrogens with one attached hydrogen (secondary N) is 1. The summed E-state index contributed by atoms with van der Waals surface area (Å²) < 4.78 is 0. The van der Waals surface area contributed by atoms with E-state index in [1.807, 2.05) is 27.7 Å². The Balaban J connectivity index is 2.99. The van der Waals surface area contributed by atoms with Gasteiger partial charge in [0.05, 0.1) is 5.54 Å². The first-order valence-electron chi connectivity index (χ1n) is 9.17. The van der Waals surface area contributed by atoms with Gasteiger partial charge in [0.25, 0.3) is 0 Å². The van der Waals surface area contributed by atoms with Gasteiger partial charge in [-0.05, 0) is 33.1 Å². The van der Waals surface area contributed by atoms with Crippen LogP contribution in [0.25, 0.3) is 0 Å². The molecule has 1 rings (SSSR count). The van der Waals surface area contributed by atoms with E-state index >= 15 is 0 Å². The molecular weight excluding hydrogens is 308 g/mol. The highest BCUT2D eigenvalue weighted by Crippen LogP contribution is 2.34. The number of urea groups is 2. The van der Waals surface area contributed by atoms with Crippen LogP contribution in [0.4, 0.5) is 9.59 Å². The third-order valence-electron chi connectivity index (χ3n) is 4.55. The van der Waals surface area contributed by atoms with E-state index in [0.717, 1.165) is 32.1 Å². The average molecular weight is 342 g/mol. The number of amides is 4. The monoisotopic (exact) mass is 342 g/mol. The predicted octanol–water partition coefficient (Wildman–Crippen LogP) is 3.24. The molecule has 140 valence electrons. The number of hydroxylamine groups is 2. The zero-order valence-corrected chi connectivity index (χ0v) is 15.8. The Morgan fingerprint density at radius 1 is 1.17 bits per heavy atom. The van der Waals surface area contributed by atoms with Crippen LogP contribution >= 0.6 is 0 Å². The van der Waals surface area contributed by atoms with Crippen LogP contribution in [-0.4, -0.2) is 63.5 Å². The summed E-state index contributed by atoms with van der Waals surface area (Å²) in [5.41, 5.74) is -0.655. The van der Waals surface area contributed by atoms with Crippen LogP contribution in [0.1, 0.15) is 66.7 Å². The quantitative estimate of drug-likeness (QED) is 0.384. The molecule has 0 unspecified atom stereocenters. The Morgan fingerprint density at radius 2 is 1.79 bits per heavy atom. The smallest absolute Gasteiger partial charge is 0.336 e.